The normalized spacial score (nSPS) is 20.9. The summed E-state index contributed by atoms with van der Waals surface area (Å²) in [5.74, 6) is 1.54. The van der Waals surface area contributed by atoms with Crippen LogP contribution in [0.4, 0.5) is 0 Å². The van der Waals surface area contributed by atoms with Gasteiger partial charge in [0, 0.05) is 18.0 Å². The Kier molecular flexibility index (Phi) is 4.68. The van der Waals surface area contributed by atoms with Gasteiger partial charge in [0.2, 0.25) is 0 Å². The Morgan fingerprint density at radius 2 is 2.16 bits per heavy atom. The van der Waals surface area contributed by atoms with Gasteiger partial charge in [-0.05, 0) is 61.8 Å². The zero-order valence-corrected chi connectivity index (χ0v) is 14.7. The Balaban J connectivity index is 1.39. The molecule has 2 aliphatic rings. The van der Waals surface area contributed by atoms with Gasteiger partial charge >= 0.3 is 0 Å². The molecule has 1 saturated heterocycles. The second-order valence-electron chi connectivity index (χ2n) is 6.58. The molecule has 3 heterocycles. The number of furan rings is 1. The summed E-state index contributed by atoms with van der Waals surface area (Å²) in [6, 6.07) is 9.39. The van der Waals surface area contributed by atoms with E-state index in [4.69, 9.17) is 20.8 Å². The lowest BCUT2D eigenvalue weighted by Crippen LogP contribution is -2.42. The van der Waals surface area contributed by atoms with Crippen molar-refractivity contribution in [1.82, 2.24) is 10.2 Å². The molecule has 6 heteroatoms. The summed E-state index contributed by atoms with van der Waals surface area (Å²) in [6.45, 7) is 2.58. The van der Waals surface area contributed by atoms with Gasteiger partial charge in [-0.3, -0.25) is 9.69 Å². The molecule has 0 bridgehead atoms. The van der Waals surface area contributed by atoms with Crippen molar-refractivity contribution in [3.05, 3.63) is 52.9 Å². The van der Waals surface area contributed by atoms with Gasteiger partial charge in [-0.25, -0.2) is 0 Å². The molecule has 0 unspecified atom stereocenters. The van der Waals surface area contributed by atoms with E-state index in [0.717, 1.165) is 30.2 Å². The first-order chi connectivity index (χ1) is 12.2. The maximum Gasteiger partial charge on any atom is 0.261 e. The van der Waals surface area contributed by atoms with E-state index in [2.05, 4.69) is 10.2 Å². The summed E-state index contributed by atoms with van der Waals surface area (Å²) in [5.41, 5.74) is 0.981. The number of ether oxygens (including phenoxy) is 1. The Bertz CT molecular complexity index is 741. The van der Waals surface area contributed by atoms with Gasteiger partial charge in [0.15, 0.2) is 6.10 Å². The molecule has 1 aromatic carbocycles. The number of amides is 1. The van der Waals surface area contributed by atoms with E-state index >= 15 is 0 Å². The summed E-state index contributed by atoms with van der Waals surface area (Å²) in [7, 11) is 0. The smallest absolute Gasteiger partial charge is 0.261 e. The average Bonchev–Trinajstić information content (AvgIpc) is 3.36. The first-order valence-corrected chi connectivity index (χ1v) is 9.09. The number of nitrogens with one attached hydrogen (secondary N) is 1. The van der Waals surface area contributed by atoms with Crippen molar-refractivity contribution in [3.8, 4) is 5.75 Å². The lowest BCUT2D eigenvalue weighted by molar-refractivity contribution is -0.127. The predicted molar refractivity (Wildman–Crippen MR) is 94.8 cm³/mol. The average molecular weight is 361 g/mol. The van der Waals surface area contributed by atoms with Gasteiger partial charge in [-0.2, -0.15) is 0 Å². The van der Waals surface area contributed by atoms with Gasteiger partial charge in [-0.15, -0.1) is 0 Å². The summed E-state index contributed by atoms with van der Waals surface area (Å²) in [4.78, 5) is 14.9. The van der Waals surface area contributed by atoms with Crippen LogP contribution in [0.5, 0.6) is 5.75 Å². The molecule has 0 aliphatic carbocycles. The minimum atomic E-state index is -0.496. The molecule has 1 fully saturated rings. The van der Waals surface area contributed by atoms with Gasteiger partial charge < -0.3 is 14.5 Å². The molecule has 0 saturated carbocycles. The van der Waals surface area contributed by atoms with Crippen LogP contribution in [-0.4, -0.2) is 36.5 Å². The molecule has 4 rings (SSSR count). The van der Waals surface area contributed by atoms with Crippen molar-refractivity contribution in [2.75, 3.05) is 19.6 Å². The Hall–Kier alpha value is -1.98. The molecule has 132 valence electrons. The molecule has 2 aliphatic heterocycles. The molecule has 5 nitrogen and oxygen atoms in total. The van der Waals surface area contributed by atoms with Crippen molar-refractivity contribution < 1.29 is 13.9 Å². The van der Waals surface area contributed by atoms with E-state index in [-0.39, 0.29) is 11.9 Å². The maximum atomic E-state index is 12.6. The highest BCUT2D eigenvalue weighted by atomic mass is 35.5. The van der Waals surface area contributed by atoms with Gasteiger partial charge in [0.1, 0.15) is 11.5 Å². The highest BCUT2D eigenvalue weighted by Gasteiger charge is 2.31. The number of carbonyl (C=O) groups is 1. The number of nitrogens with zero attached hydrogens (tertiary/aromatic N) is 1. The Morgan fingerprint density at radius 1 is 1.32 bits per heavy atom. The molecule has 1 N–H and O–H groups in total. The van der Waals surface area contributed by atoms with Gasteiger partial charge in [0.05, 0.1) is 12.3 Å². The first kappa shape index (κ1) is 16.5. The minimum Gasteiger partial charge on any atom is -0.480 e. The monoisotopic (exact) mass is 360 g/mol. The fourth-order valence-electron chi connectivity index (χ4n) is 3.62. The third-order valence-electron chi connectivity index (χ3n) is 4.91. The van der Waals surface area contributed by atoms with Crippen LogP contribution in [0.15, 0.2) is 41.0 Å². The van der Waals surface area contributed by atoms with Crippen molar-refractivity contribution in [1.29, 1.82) is 0 Å². The third-order valence-corrected chi connectivity index (χ3v) is 5.15. The number of fused-ring (bicyclic) bond motifs is 1. The number of carbonyl (C=O) groups excluding carboxylic acids is 1. The molecule has 2 aromatic rings. The lowest BCUT2D eigenvalue weighted by atomic mass is 10.1. The van der Waals surface area contributed by atoms with Gasteiger partial charge in [-0.1, -0.05) is 11.6 Å². The van der Waals surface area contributed by atoms with Crippen LogP contribution in [0.2, 0.25) is 5.02 Å². The van der Waals surface area contributed by atoms with E-state index < -0.39 is 6.10 Å². The van der Waals surface area contributed by atoms with Crippen LogP contribution in [0, 0.1) is 0 Å². The number of hydrogen-bond donors (Lipinski definition) is 1. The van der Waals surface area contributed by atoms with Crippen LogP contribution in [-0.2, 0) is 11.2 Å². The topological polar surface area (TPSA) is 54.7 Å². The molecule has 1 aromatic heterocycles. The summed E-state index contributed by atoms with van der Waals surface area (Å²) in [6.07, 6.45) is 4.11. The summed E-state index contributed by atoms with van der Waals surface area (Å²) >= 11 is 6.01. The highest BCUT2D eigenvalue weighted by Crippen LogP contribution is 2.31. The standard InChI is InChI=1S/C19H21ClN2O3/c20-14-5-6-16-13(10-14)11-18(25-16)19(23)21-12-15(17-4-3-9-24-17)22-7-1-2-8-22/h3-6,9-10,15,18H,1-2,7-8,11-12H2,(H,21,23)/t15-,18+/m1/s1. The van der Waals surface area contributed by atoms with Crippen molar-refractivity contribution in [3.63, 3.8) is 0 Å². The van der Waals surface area contributed by atoms with Gasteiger partial charge in [0.25, 0.3) is 5.91 Å². The van der Waals surface area contributed by atoms with Crippen molar-refractivity contribution >= 4 is 17.5 Å². The first-order valence-electron chi connectivity index (χ1n) is 8.71. The fourth-order valence-corrected chi connectivity index (χ4v) is 3.81. The molecule has 1 amide bonds. The number of hydrogen-bond acceptors (Lipinski definition) is 4. The highest BCUT2D eigenvalue weighted by molar-refractivity contribution is 6.30. The summed E-state index contributed by atoms with van der Waals surface area (Å²) in [5, 5.41) is 3.70. The SMILES string of the molecule is O=C(NC[C@H](c1ccco1)N1CCCC1)[C@@H]1Cc2cc(Cl)ccc2O1. The molecule has 0 radical (unpaired) electrons. The second kappa shape index (κ2) is 7.10. The number of halogens is 1. The Morgan fingerprint density at radius 3 is 2.92 bits per heavy atom. The summed E-state index contributed by atoms with van der Waals surface area (Å²) < 4.78 is 11.4. The van der Waals surface area contributed by atoms with Crippen LogP contribution in [0.3, 0.4) is 0 Å². The number of rotatable bonds is 5. The van der Waals surface area contributed by atoms with Crippen LogP contribution in [0.1, 0.15) is 30.2 Å². The van der Waals surface area contributed by atoms with E-state index in [1.54, 1.807) is 12.3 Å². The fraction of sp³-hybridized carbons (Fsp3) is 0.421. The van der Waals surface area contributed by atoms with Crippen LogP contribution >= 0.6 is 11.6 Å². The Labute approximate surface area is 151 Å². The number of benzene rings is 1. The van der Waals surface area contributed by atoms with Crippen LogP contribution < -0.4 is 10.1 Å². The second-order valence-corrected chi connectivity index (χ2v) is 7.02. The molecular weight excluding hydrogens is 340 g/mol. The zero-order chi connectivity index (χ0) is 17.2. The molecule has 25 heavy (non-hydrogen) atoms. The molecule has 0 spiro atoms. The lowest BCUT2D eigenvalue weighted by Gasteiger charge is -2.26. The predicted octanol–water partition coefficient (Wildman–Crippen LogP) is 3.19. The van der Waals surface area contributed by atoms with E-state index in [9.17, 15) is 4.79 Å². The number of likely N-dealkylation sites (tertiary alicyclic amines) is 1. The largest absolute Gasteiger partial charge is 0.480 e. The van der Waals surface area contributed by atoms with E-state index in [0.29, 0.717) is 18.0 Å². The van der Waals surface area contributed by atoms with Crippen molar-refractivity contribution in [2.24, 2.45) is 0 Å². The molecular formula is C19H21ClN2O3. The third kappa shape index (κ3) is 3.53. The van der Waals surface area contributed by atoms with Crippen LogP contribution in [0.25, 0.3) is 0 Å². The quantitative estimate of drug-likeness (QED) is 0.889. The maximum absolute atomic E-state index is 12.6. The zero-order valence-electron chi connectivity index (χ0n) is 13.9. The minimum absolute atomic E-state index is 0.0691. The van der Waals surface area contributed by atoms with E-state index in [1.165, 1.54) is 12.8 Å². The van der Waals surface area contributed by atoms with Crippen molar-refractivity contribution in [2.45, 2.75) is 31.4 Å². The molecule has 2 atom stereocenters. The van der Waals surface area contributed by atoms with E-state index in [1.807, 2.05) is 24.3 Å².